The molecular weight excluding hydrogens is 296 g/mol. The number of benzene rings is 1. The summed E-state index contributed by atoms with van der Waals surface area (Å²) in [7, 11) is 1.76. The highest BCUT2D eigenvalue weighted by atomic mass is 16.5. The fourth-order valence-corrected chi connectivity index (χ4v) is 6.48. The van der Waals surface area contributed by atoms with Crippen LogP contribution >= 0.6 is 0 Å². The molecular formula is C22H30O2. The first kappa shape index (κ1) is 16.2. The van der Waals surface area contributed by atoms with Gasteiger partial charge in [0.25, 0.3) is 0 Å². The highest BCUT2D eigenvalue weighted by molar-refractivity contribution is 5.75. The maximum atomic E-state index is 11.7. The summed E-state index contributed by atoms with van der Waals surface area (Å²) in [5, 5.41) is 0. The van der Waals surface area contributed by atoms with Gasteiger partial charge in [0.2, 0.25) is 0 Å². The summed E-state index contributed by atoms with van der Waals surface area (Å²) >= 11 is 0. The number of hydrogen-bond acceptors (Lipinski definition) is 2. The molecule has 3 aliphatic carbocycles. The maximum absolute atomic E-state index is 11.7. The molecule has 2 nitrogen and oxygen atoms in total. The lowest BCUT2D eigenvalue weighted by atomic mass is 9.54. The Morgan fingerprint density at radius 3 is 2.83 bits per heavy atom. The van der Waals surface area contributed by atoms with Crippen molar-refractivity contribution in [1.82, 2.24) is 0 Å². The van der Waals surface area contributed by atoms with E-state index in [2.05, 4.69) is 25.1 Å². The summed E-state index contributed by atoms with van der Waals surface area (Å²) in [4.78, 5) is 11.7. The molecule has 0 N–H and O–H groups in total. The van der Waals surface area contributed by atoms with Crippen LogP contribution in [0, 0.1) is 23.2 Å². The summed E-state index contributed by atoms with van der Waals surface area (Å²) in [5.41, 5.74) is 3.50. The monoisotopic (exact) mass is 326 g/mol. The van der Waals surface area contributed by atoms with Gasteiger partial charge in [0.1, 0.15) is 11.5 Å². The van der Waals surface area contributed by atoms with Gasteiger partial charge in [-0.1, -0.05) is 13.0 Å². The van der Waals surface area contributed by atoms with Crippen molar-refractivity contribution in [2.75, 3.05) is 7.11 Å². The lowest BCUT2D eigenvalue weighted by Crippen LogP contribution is -2.42. The van der Waals surface area contributed by atoms with Gasteiger partial charge in [-0.2, -0.15) is 0 Å². The third kappa shape index (κ3) is 2.41. The van der Waals surface area contributed by atoms with E-state index in [1.165, 1.54) is 44.1 Å². The van der Waals surface area contributed by atoms with Gasteiger partial charge in [-0.05, 0) is 97.8 Å². The maximum Gasteiger partial charge on any atom is 0.130 e. The summed E-state index contributed by atoms with van der Waals surface area (Å²) < 4.78 is 5.42. The van der Waals surface area contributed by atoms with Crippen molar-refractivity contribution in [1.29, 1.82) is 0 Å². The van der Waals surface area contributed by atoms with E-state index in [9.17, 15) is 4.79 Å². The van der Waals surface area contributed by atoms with E-state index in [1.807, 2.05) is 0 Å². The van der Waals surface area contributed by atoms with Gasteiger partial charge in [-0.25, -0.2) is 0 Å². The molecule has 0 heterocycles. The number of carbonyl (C=O) groups is 1. The first-order valence-electron chi connectivity index (χ1n) is 9.69. The van der Waals surface area contributed by atoms with Crippen LogP contribution in [0.15, 0.2) is 18.2 Å². The summed E-state index contributed by atoms with van der Waals surface area (Å²) in [5.74, 6) is 4.37. The van der Waals surface area contributed by atoms with Crippen LogP contribution in [0.25, 0.3) is 0 Å². The van der Waals surface area contributed by atoms with Crippen molar-refractivity contribution in [2.24, 2.45) is 23.2 Å². The molecule has 1 aromatic rings. The molecule has 0 saturated heterocycles. The first-order chi connectivity index (χ1) is 11.5. The largest absolute Gasteiger partial charge is 0.497 e. The van der Waals surface area contributed by atoms with Gasteiger partial charge < -0.3 is 9.53 Å². The molecule has 0 spiro atoms. The molecule has 2 fully saturated rings. The molecule has 0 bridgehead atoms. The van der Waals surface area contributed by atoms with E-state index in [4.69, 9.17) is 4.74 Å². The van der Waals surface area contributed by atoms with Crippen LogP contribution in [0.4, 0.5) is 0 Å². The Morgan fingerprint density at radius 1 is 1.25 bits per heavy atom. The van der Waals surface area contributed by atoms with Crippen LogP contribution < -0.4 is 4.74 Å². The van der Waals surface area contributed by atoms with Crippen LogP contribution in [0.2, 0.25) is 0 Å². The molecule has 0 aromatic heterocycles. The fourth-order valence-electron chi connectivity index (χ4n) is 6.48. The van der Waals surface area contributed by atoms with E-state index in [1.54, 1.807) is 19.6 Å². The quantitative estimate of drug-likeness (QED) is 0.768. The van der Waals surface area contributed by atoms with Crippen LogP contribution in [-0.4, -0.2) is 12.9 Å². The minimum Gasteiger partial charge on any atom is -0.497 e. The Hall–Kier alpha value is -1.31. The molecule has 0 radical (unpaired) electrons. The summed E-state index contributed by atoms with van der Waals surface area (Å²) in [6.45, 7) is 4.27. The van der Waals surface area contributed by atoms with Gasteiger partial charge >= 0.3 is 0 Å². The van der Waals surface area contributed by atoms with Gasteiger partial charge in [0.15, 0.2) is 0 Å². The Kier molecular flexibility index (Phi) is 3.97. The topological polar surface area (TPSA) is 26.3 Å². The third-order valence-electron chi connectivity index (χ3n) is 7.66. The van der Waals surface area contributed by atoms with E-state index < -0.39 is 0 Å². The van der Waals surface area contributed by atoms with Gasteiger partial charge in [-0.15, -0.1) is 0 Å². The Bertz CT molecular complexity index is 649. The first-order valence-corrected chi connectivity index (χ1v) is 9.69. The number of ketones is 1. The second kappa shape index (κ2) is 5.89. The fraction of sp³-hybridized carbons (Fsp3) is 0.682. The molecule has 3 aliphatic rings. The molecule has 2 heteroatoms. The van der Waals surface area contributed by atoms with Gasteiger partial charge in [0, 0.05) is 6.42 Å². The van der Waals surface area contributed by atoms with Crippen molar-refractivity contribution in [3.05, 3.63) is 29.3 Å². The molecule has 130 valence electrons. The van der Waals surface area contributed by atoms with Crippen molar-refractivity contribution < 1.29 is 9.53 Å². The smallest absolute Gasteiger partial charge is 0.130 e. The van der Waals surface area contributed by atoms with E-state index in [-0.39, 0.29) is 0 Å². The Morgan fingerprint density at radius 2 is 2.08 bits per heavy atom. The zero-order valence-corrected chi connectivity index (χ0v) is 15.3. The second-order valence-electron chi connectivity index (χ2n) is 8.71. The van der Waals surface area contributed by atoms with Crippen LogP contribution in [0.1, 0.15) is 69.4 Å². The Balaban J connectivity index is 1.62. The van der Waals surface area contributed by atoms with Gasteiger partial charge in [-0.3, -0.25) is 0 Å². The number of rotatable bonds is 3. The molecule has 0 amide bonds. The predicted molar refractivity (Wildman–Crippen MR) is 96.4 cm³/mol. The normalized spacial score (nSPS) is 37.3. The molecule has 0 aliphatic heterocycles. The number of methoxy groups -OCH3 is 1. The highest BCUT2D eigenvalue weighted by Gasteiger charge is 2.54. The van der Waals surface area contributed by atoms with Crippen molar-refractivity contribution >= 4 is 5.78 Å². The lowest BCUT2D eigenvalue weighted by Gasteiger charge is -2.51. The summed E-state index contributed by atoms with van der Waals surface area (Å²) in [6, 6.07) is 6.73. The SMILES string of the molecule is COc1ccc2c(c1)CCC1C2CCC2(C)C(CC(C)=O)CCC12. The zero-order valence-electron chi connectivity index (χ0n) is 15.3. The number of Topliss-reactive ketones (excluding diaryl/α,β-unsaturated/α-hetero) is 1. The van der Waals surface area contributed by atoms with Gasteiger partial charge in [0.05, 0.1) is 7.11 Å². The molecule has 1 aromatic carbocycles. The Labute approximate surface area is 146 Å². The number of ether oxygens (including phenoxy) is 1. The predicted octanol–water partition coefficient (Wildman–Crippen LogP) is 5.15. The van der Waals surface area contributed by atoms with E-state index in [0.29, 0.717) is 17.1 Å². The van der Waals surface area contributed by atoms with E-state index >= 15 is 0 Å². The van der Waals surface area contributed by atoms with E-state index in [0.717, 1.165) is 29.9 Å². The average molecular weight is 326 g/mol. The number of hydrogen-bond donors (Lipinski definition) is 0. The second-order valence-corrected chi connectivity index (χ2v) is 8.71. The molecule has 5 unspecified atom stereocenters. The summed E-state index contributed by atoms with van der Waals surface area (Å²) in [6.07, 6.45) is 8.50. The van der Waals surface area contributed by atoms with Crippen LogP contribution in [0.3, 0.4) is 0 Å². The molecule has 4 rings (SSSR count). The third-order valence-corrected chi connectivity index (χ3v) is 7.66. The van der Waals surface area contributed by atoms with Crippen LogP contribution in [-0.2, 0) is 11.2 Å². The number of carbonyl (C=O) groups excluding carboxylic acids is 1. The lowest BCUT2D eigenvalue weighted by molar-refractivity contribution is -0.119. The number of aryl methyl sites for hydroxylation is 1. The zero-order chi connectivity index (χ0) is 16.9. The minimum atomic E-state index is 0.380. The van der Waals surface area contributed by atoms with Crippen molar-refractivity contribution in [3.8, 4) is 5.75 Å². The molecule has 24 heavy (non-hydrogen) atoms. The molecule has 5 atom stereocenters. The highest BCUT2D eigenvalue weighted by Crippen LogP contribution is 2.63. The molecule has 2 saturated carbocycles. The van der Waals surface area contributed by atoms with Crippen molar-refractivity contribution in [3.63, 3.8) is 0 Å². The van der Waals surface area contributed by atoms with Crippen LogP contribution in [0.5, 0.6) is 5.75 Å². The minimum absolute atomic E-state index is 0.380. The average Bonchev–Trinajstić information content (AvgIpc) is 2.90. The number of fused-ring (bicyclic) bond motifs is 5. The standard InChI is InChI=1S/C22H30O2/c1-14(23)12-16-5-9-21-20-7-4-15-13-17(24-3)6-8-18(15)19(20)10-11-22(16,21)2/h6,8,13,16,19-21H,4-5,7,9-12H2,1-3H3. The van der Waals surface area contributed by atoms with Crippen molar-refractivity contribution in [2.45, 2.75) is 64.7 Å².